The molecule has 192 valence electrons. The van der Waals surface area contributed by atoms with E-state index in [2.05, 4.69) is 33.7 Å². The maximum absolute atomic E-state index is 15.5. The van der Waals surface area contributed by atoms with Gasteiger partial charge in [0.15, 0.2) is 0 Å². The summed E-state index contributed by atoms with van der Waals surface area (Å²) in [6, 6.07) is 7.15. The summed E-state index contributed by atoms with van der Waals surface area (Å²) in [6.07, 6.45) is -0.981. The summed E-state index contributed by atoms with van der Waals surface area (Å²) in [7, 11) is 0. The summed E-state index contributed by atoms with van der Waals surface area (Å²) >= 11 is -3.00. The third-order valence-corrected chi connectivity index (χ3v) is 11.9. The van der Waals surface area contributed by atoms with Gasteiger partial charge in [-0.3, -0.25) is 0 Å². The Morgan fingerprint density at radius 1 is 1.19 bits per heavy atom. The molecule has 10 heteroatoms. The van der Waals surface area contributed by atoms with Crippen molar-refractivity contribution >= 4 is 45.0 Å². The molecule has 36 heavy (non-hydrogen) atoms. The number of carboxylic acid groups (broad SMARTS) is 1. The summed E-state index contributed by atoms with van der Waals surface area (Å²) < 4.78 is 17.5. The topological polar surface area (TPSA) is 91.6 Å². The average Bonchev–Trinajstić information content (AvgIpc) is 2.78. The van der Waals surface area contributed by atoms with Crippen molar-refractivity contribution in [2.24, 2.45) is 0 Å². The summed E-state index contributed by atoms with van der Waals surface area (Å²) in [5, 5.41) is 9.87. The Hall–Kier alpha value is -2.69. The maximum atomic E-state index is 15.5. The second kappa shape index (κ2) is 9.64. The van der Waals surface area contributed by atoms with E-state index < -0.39 is 30.2 Å². The Labute approximate surface area is 214 Å². The fourth-order valence-corrected chi connectivity index (χ4v) is 8.46. The monoisotopic (exact) mass is 603 g/mol. The summed E-state index contributed by atoms with van der Waals surface area (Å²) in [5.74, 6) is 0.127. The molecule has 0 aliphatic carbocycles. The second-order valence-electron chi connectivity index (χ2n) is 10.9. The minimum atomic E-state index is -3.00. The van der Waals surface area contributed by atoms with Gasteiger partial charge in [-0.1, -0.05) is 0 Å². The summed E-state index contributed by atoms with van der Waals surface area (Å²) in [4.78, 5) is 44.1. The van der Waals surface area contributed by atoms with Crippen LogP contribution in [0, 0.1) is 12.7 Å². The van der Waals surface area contributed by atoms with Crippen LogP contribution in [0.3, 0.4) is 0 Å². The molecule has 1 N–H and O–H groups in total. The van der Waals surface area contributed by atoms with Gasteiger partial charge in [0, 0.05) is 0 Å². The molecule has 0 saturated carbocycles. The van der Waals surface area contributed by atoms with E-state index in [0.717, 1.165) is 16.8 Å². The number of amides is 1. The molecular weight excluding hydrogens is 568 g/mol. The van der Waals surface area contributed by atoms with Crippen molar-refractivity contribution < 1.29 is 14.3 Å². The van der Waals surface area contributed by atoms with E-state index >= 15 is 4.39 Å². The van der Waals surface area contributed by atoms with Gasteiger partial charge in [-0.05, 0) is 0 Å². The van der Waals surface area contributed by atoms with Crippen molar-refractivity contribution in [1.82, 2.24) is 19.4 Å². The SMILES string of the molecule is Cc1cccc(C(C)C)c1-n1c(=O)nc(N2CCN(C(=O)O)CC2C)c2cc(F)[c]([Sn]([CH3])([CH3])[CH3])nc21. The number of hydrogen-bond acceptors (Lipinski definition) is 5. The van der Waals surface area contributed by atoms with Crippen LogP contribution in [0.1, 0.15) is 37.8 Å². The zero-order chi connectivity index (χ0) is 26.5. The Kier molecular flexibility index (Phi) is 7.06. The molecule has 1 aromatic carbocycles. The number of hydrogen-bond donors (Lipinski definition) is 1. The minimum absolute atomic E-state index is 0.146. The molecule has 2 aromatic heterocycles. The van der Waals surface area contributed by atoms with Crippen LogP contribution in [0.5, 0.6) is 0 Å². The van der Waals surface area contributed by atoms with Gasteiger partial charge in [0.2, 0.25) is 0 Å². The van der Waals surface area contributed by atoms with Crippen molar-refractivity contribution in [2.75, 3.05) is 24.5 Å². The van der Waals surface area contributed by atoms with E-state index in [-0.39, 0.29) is 30.9 Å². The van der Waals surface area contributed by atoms with Crippen molar-refractivity contribution in [3.05, 3.63) is 51.7 Å². The number of halogens is 1. The predicted octanol–water partition coefficient (Wildman–Crippen LogP) is 4.09. The number of aryl methyl sites for hydroxylation is 1. The zero-order valence-corrected chi connectivity index (χ0v) is 24.8. The van der Waals surface area contributed by atoms with Gasteiger partial charge in [-0.15, -0.1) is 0 Å². The van der Waals surface area contributed by atoms with E-state index in [1.807, 2.05) is 36.9 Å². The van der Waals surface area contributed by atoms with Crippen LogP contribution in [0.4, 0.5) is 15.0 Å². The van der Waals surface area contributed by atoms with Crippen molar-refractivity contribution in [3.63, 3.8) is 0 Å². The number of aromatic nitrogens is 3. The number of anilines is 1. The fourth-order valence-electron chi connectivity index (χ4n) is 4.95. The molecule has 8 nitrogen and oxygen atoms in total. The van der Waals surface area contributed by atoms with Gasteiger partial charge in [-0.2, -0.15) is 0 Å². The average molecular weight is 602 g/mol. The number of piperazine rings is 1. The van der Waals surface area contributed by atoms with Crippen molar-refractivity contribution in [3.8, 4) is 5.69 Å². The summed E-state index contributed by atoms with van der Waals surface area (Å²) in [5.41, 5.74) is 2.56. The van der Waals surface area contributed by atoms with E-state index in [9.17, 15) is 14.7 Å². The van der Waals surface area contributed by atoms with E-state index in [1.54, 1.807) is 4.57 Å². The third kappa shape index (κ3) is 4.69. The summed E-state index contributed by atoms with van der Waals surface area (Å²) in [6.45, 7) is 8.87. The van der Waals surface area contributed by atoms with E-state index in [0.29, 0.717) is 27.1 Å². The first kappa shape index (κ1) is 26.4. The Bertz CT molecular complexity index is 1400. The first-order chi connectivity index (χ1) is 16.8. The molecule has 0 radical (unpaired) electrons. The molecule has 1 unspecified atom stereocenters. The number of nitrogens with zero attached hydrogens (tertiary/aromatic N) is 5. The molecule has 1 aliphatic heterocycles. The predicted molar refractivity (Wildman–Crippen MR) is 143 cm³/mol. The van der Waals surface area contributed by atoms with E-state index in [4.69, 9.17) is 4.98 Å². The van der Waals surface area contributed by atoms with Crippen LogP contribution >= 0.6 is 0 Å². The number of fused-ring (bicyclic) bond motifs is 1. The first-order valence-corrected chi connectivity index (χ1v) is 22.3. The van der Waals surface area contributed by atoms with Crippen molar-refractivity contribution in [1.29, 1.82) is 0 Å². The number of pyridine rings is 1. The Morgan fingerprint density at radius 3 is 2.47 bits per heavy atom. The Morgan fingerprint density at radius 2 is 1.89 bits per heavy atom. The standard InChI is InChI=1S/C23H25FN5O3.3CH3.Sn/c1-13(2)17-7-5-6-14(3)19(17)29-20-18(10-16(24)11-25-20)21(26-22(29)30)28-9-8-27(23(31)32)12-15(28)4;;;;/h5-7,10,13,15H,8-9,12H2,1-4H3,(H,31,32);3*1H3;. The van der Waals surface area contributed by atoms with Crippen LogP contribution in [0.2, 0.25) is 14.8 Å². The van der Waals surface area contributed by atoms with Crippen LogP contribution in [-0.4, -0.2) is 74.7 Å². The molecule has 4 rings (SSSR count). The van der Waals surface area contributed by atoms with E-state index in [1.165, 1.54) is 11.0 Å². The van der Waals surface area contributed by atoms with Gasteiger partial charge in [0.25, 0.3) is 0 Å². The van der Waals surface area contributed by atoms with Crippen molar-refractivity contribution in [2.45, 2.75) is 54.5 Å². The van der Waals surface area contributed by atoms with Gasteiger partial charge in [-0.25, -0.2) is 0 Å². The van der Waals surface area contributed by atoms with Crippen LogP contribution in [0.25, 0.3) is 16.7 Å². The molecule has 1 atom stereocenters. The third-order valence-electron chi connectivity index (χ3n) is 6.80. The second-order valence-corrected chi connectivity index (χ2v) is 25.1. The molecule has 3 aromatic rings. The molecule has 0 bridgehead atoms. The fraction of sp³-hybridized carbons (Fsp3) is 0.462. The normalized spacial score (nSPS) is 16.8. The number of para-hydroxylation sites is 1. The number of benzene rings is 1. The number of rotatable bonds is 4. The van der Waals surface area contributed by atoms with Crippen LogP contribution < -0.4 is 14.3 Å². The van der Waals surface area contributed by atoms with Gasteiger partial charge in [0.1, 0.15) is 0 Å². The molecule has 1 saturated heterocycles. The molecule has 1 amide bonds. The molecule has 1 aliphatic rings. The quantitative estimate of drug-likeness (QED) is 0.453. The van der Waals surface area contributed by atoms with Crippen LogP contribution in [-0.2, 0) is 0 Å². The van der Waals surface area contributed by atoms with Gasteiger partial charge < -0.3 is 0 Å². The molecule has 0 spiro atoms. The Balaban J connectivity index is 2.06. The molecule has 1 fully saturated rings. The van der Waals surface area contributed by atoms with Crippen LogP contribution in [0.15, 0.2) is 29.1 Å². The first-order valence-electron chi connectivity index (χ1n) is 12.3. The zero-order valence-electron chi connectivity index (χ0n) is 22.0. The molecular formula is C26H34FN5O3Sn. The number of carbonyl (C=O) groups is 1. The van der Waals surface area contributed by atoms with Gasteiger partial charge >= 0.3 is 215 Å². The van der Waals surface area contributed by atoms with Gasteiger partial charge in [0.05, 0.1) is 0 Å². The molecule has 3 heterocycles.